The highest BCUT2D eigenvalue weighted by molar-refractivity contribution is 5.71. The standard InChI is InChI=1S/C9H11N5/c1-14-9(11)12-8(13-14)6-4-2-3-5-7(6)10/h2-5H,10H2,1H3,(H2,11,12,13). The van der Waals surface area contributed by atoms with E-state index in [0.717, 1.165) is 5.56 Å². The van der Waals surface area contributed by atoms with Crippen molar-refractivity contribution in [3.63, 3.8) is 0 Å². The van der Waals surface area contributed by atoms with E-state index in [2.05, 4.69) is 10.1 Å². The van der Waals surface area contributed by atoms with Gasteiger partial charge >= 0.3 is 0 Å². The fourth-order valence-electron chi connectivity index (χ4n) is 1.21. The van der Waals surface area contributed by atoms with Gasteiger partial charge in [0.15, 0.2) is 5.82 Å². The molecule has 0 aliphatic heterocycles. The SMILES string of the molecule is Cn1nc(-c2ccccc2N)nc1N. The minimum atomic E-state index is 0.378. The summed E-state index contributed by atoms with van der Waals surface area (Å²) >= 11 is 0. The lowest BCUT2D eigenvalue weighted by molar-refractivity contribution is 0.781. The predicted octanol–water partition coefficient (Wildman–Crippen LogP) is 0.647. The van der Waals surface area contributed by atoms with Gasteiger partial charge in [-0.1, -0.05) is 12.1 Å². The summed E-state index contributed by atoms with van der Waals surface area (Å²) in [6.45, 7) is 0. The first-order valence-electron chi connectivity index (χ1n) is 4.20. The molecule has 0 amide bonds. The first kappa shape index (κ1) is 8.55. The molecule has 0 aliphatic rings. The number of nitrogens with zero attached hydrogens (tertiary/aromatic N) is 3. The van der Waals surface area contributed by atoms with E-state index in [1.807, 2.05) is 24.3 Å². The number of benzene rings is 1. The molecule has 4 N–H and O–H groups in total. The third-order valence-corrected chi connectivity index (χ3v) is 2.00. The zero-order valence-electron chi connectivity index (χ0n) is 7.81. The summed E-state index contributed by atoms with van der Waals surface area (Å²) in [5.74, 6) is 0.936. The molecular weight excluding hydrogens is 178 g/mol. The highest BCUT2D eigenvalue weighted by Crippen LogP contribution is 2.22. The monoisotopic (exact) mass is 189 g/mol. The van der Waals surface area contributed by atoms with Gasteiger partial charge in [0.1, 0.15) is 0 Å². The Bertz CT molecular complexity index is 440. The Morgan fingerprint density at radius 3 is 2.50 bits per heavy atom. The Labute approximate surface area is 81.4 Å². The van der Waals surface area contributed by atoms with Gasteiger partial charge in [0, 0.05) is 18.3 Å². The molecule has 0 unspecified atom stereocenters. The van der Waals surface area contributed by atoms with Gasteiger partial charge in [0.2, 0.25) is 5.95 Å². The van der Waals surface area contributed by atoms with Crippen molar-refractivity contribution in [3.8, 4) is 11.4 Å². The van der Waals surface area contributed by atoms with Crippen LogP contribution >= 0.6 is 0 Å². The van der Waals surface area contributed by atoms with Crippen molar-refractivity contribution in [2.45, 2.75) is 0 Å². The zero-order valence-corrected chi connectivity index (χ0v) is 7.81. The fraction of sp³-hybridized carbons (Fsp3) is 0.111. The second-order valence-electron chi connectivity index (χ2n) is 3.00. The van der Waals surface area contributed by atoms with Crippen LogP contribution in [0.3, 0.4) is 0 Å². The molecule has 2 aromatic rings. The van der Waals surface area contributed by atoms with Gasteiger partial charge in [0.05, 0.1) is 0 Å². The van der Waals surface area contributed by atoms with Gasteiger partial charge in [-0.2, -0.15) is 4.98 Å². The number of aryl methyl sites for hydroxylation is 1. The quantitative estimate of drug-likeness (QED) is 0.645. The molecule has 0 radical (unpaired) electrons. The maximum atomic E-state index is 5.78. The number of anilines is 2. The van der Waals surface area contributed by atoms with E-state index in [1.165, 1.54) is 4.68 Å². The first-order valence-corrected chi connectivity index (χ1v) is 4.20. The molecule has 2 rings (SSSR count). The van der Waals surface area contributed by atoms with Crippen molar-refractivity contribution in [1.29, 1.82) is 0 Å². The molecule has 5 nitrogen and oxygen atoms in total. The van der Waals surface area contributed by atoms with E-state index in [0.29, 0.717) is 17.5 Å². The molecule has 1 heterocycles. The van der Waals surface area contributed by atoms with Crippen LogP contribution in [0.5, 0.6) is 0 Å². The number of nitrogen functional groups attached to an aromatic ring is 2. The highest BCUT2D eigenvalue weighted by Gasteiger charge is 2.08. The summed E-state index contributed by atoms with van der Waals surface area (Å²) in [4.78, 5) is 4.09. The highest BCUT2D eigenvalue weighted by atomic mass is 15.4. The van der Waals surface area contributed by atoms with Crippen LogP contribution in [0.25, 0.3) is 11.4 Å². The van der Waals surface area contributed by atoms with Crippen molar-refractivity contribution in [3.05, 3.63) is 24.3 Å². The second-order valence-corrected chi connectivity index (χ2v) is 3.00. The van der Waals surface area contributed by atoms with E-state index >= 15 is 0 Å². The van der Waals surface area contributed by atoms with Crippen molar-refractivity contribution in [2.24, 2.45) is 7.05 Å². The van der Waals surface area contributed by atoms with Crippen LogP contribution in [0.15, 0.2) is 24.3 Å². The minimum absolute atomic E-state index is 0.378. The largest absolute Gasteiger partial charge is 0.398 e. The molecule has 14 heavy (non-hydrogen) atoms. The van der Waals surface area contributed by atoms with Crippen LogP contribution in [0.2, 0.25) is 0 Å². The molecule has 1 aromatic carbocycles. The maximum absolute atomic E-state index is 5.78. The lowest BCUT2D eigenvalue weighted by Crippen LogP contribution is -1.97. The second kappa shape index (κ2) is 3.02. The van der Waals surface area contributed by atoms with Crippen LogP contribution in [0.4, 0.5) is 11.6 Å². The number of hydrogen-bond acceptors (Lipinski definition) is 4. The van der Waals surface area contributed by atoms with Crippen molar-refractivity contribution in [1.82, 2.24) is 14.8 Å². The smallest absolute Gasteiger partial charge is 0.218 e. The Kier molecular flexibility index (Phi) is 1.85. The maximum Gasteiger partial charge on any atom is 0.218 e. The Morgan fingerprint density at radius 1 is 1.21 bits per heavy atom. The summed E-state index contributed by atoms with van der Waals surface area (Å²) in [6.07, 6.45) is 0. The summed E-state index contributed by atoms with van der Waals surface area (Å²) < 4.78 is 1.52. The fourth-order valence-corrected chi connectivity index (χ4v) is 1.21. The number of nitrogens with two attached hydrogens (primary N) is 2. The summed E-state index contributed by atoms with van der Waals surface area (Å²) in [7, 11) is 1.74. The number of hydrogen-bond donors (Lipinski definition) is 2. The number of rotatable bonds is 1. The molecule has 0 saturated carbocycles. The van der Waals surface area contributed by atoms with Gasteiger partial charge in [-0.15, -0.1) is 5.10 Å². The predicted molar refractivity (Wildman–Crippen MR) is 55.3 cm³/mol. The average molecular weight is 189 g/mol. The van der Waals surface area contributed by atoms with Crippen LogP contribution in [-0.4, -0.2) is 14.8 Å². The van der Waals surface area contributed by atoms with Crippen LogP contribution in [-0.2, 0) is 7.05 Å². The molecular formula is C9H11N5. The first-order chi connectivity index (χ1) is 6.68. The molecule has 0 atom stereocenters. The molecule has 5 heteroatoms. The molecule has 0 saturated heterocycles. The van der Waals surface area contributed by atoms with Crippen LogP contribution in [0, 0.1) is 0 Å². The lowest BCUT2D eigenvalue weighted by Gasteiger charge is -1.98. The molecule has 72 valence electrons. The van der Waals surface area contributed by atoms with E-state index in [-0.39, 0.29) is 0 Å². The summed E-state index contributed by atoms with van der Waals surface area (Å²) in [6, 6.07) is 7.43. The molecule has 0 bridgehead atoms. The lowest BCUT2D eigenvalue weighted by atomic mass is 10.2. The Hall–Kier alpha value is -2.04. The van der Waals surface area contributed by atoms with Crippen LogP contribution < -0.4 is 11.5 Å². The molecule has 0 fully saturated rings. The average Bonchev–Trinajstić information content (AvgIpc) is 2.48. The molecule has 0 spiro atoms. The summed E-state index contributed by atoms with van der Waals surface area (Å²) in [5, 5.41) is 4.14. The Balaban J connectivity index is 2.55. The van der Waals surface area contributed by atoms with E-state index < -0.39 is 0 Å². The third-order valence-electron chi connectivity index (χ3n) is 2.00. The topological polar surface area (TPSA) is 82.8 Å². The summed E-state index contributed by atoms with van der Waals surface area (Å²) in [5.41, 5.74) is 12.8. The van der Waals surface area contributed by atoms with Gasteiger partial charge in [-0.3, -0.25) is 0 Å². The van der Waals surface area contributed by atoms with E-state index in [4.69, 9.17) is 11.5 Å². The molecule has 1 aromatic heterocycles. The number of aromatic nitrogens is 3. The van der Waals surface area contributed by atoms with E-state index in [9.17, 15) is 0 Å². The van der Waals surface area contributed by atoms with E-state index in [1.54, 1.807) is 7.05 Å². The van der Waals surface area contributed by atoms with Gasteiger partial charge in [0.25, 0.3) is 0 Å². The Morgan fingerprint density at radius 2 is 1.93 bits per heavy atom. The van der Waals surface area contributed by atoms with Crippen molar-refractivity contribution < 1.29 is 0 Å². The third kappa shape index (κ3) is 1.28. The normalized spacial score (nSPS) is 10.4. The van der Waals surface area contributed by atoms with Crippen molar-refractivity contribution >= 4 is 11.6 Å². The molecule has 0 aliphatic carbocycles. The number of para-hydroxylation sites is 1. The minimum Gasteiger partial charge on any atom is -0.398 e. The zero-order chi connectivity index (χ0) is 10.1. The van der Waals surface area contributed by atoms with Crippen LogP contribution in [0.1, 0.15) is 0 Å². The van der Waals surface area contributed by atoms with Gasteiger partial charge < -0.3 is 11.5 Å². The van der Waals surface area contributed by atoms with Gasteiger partial charge in [-0.25, -0.2) is 4.68 Å². The van der Waals surface area contributed by atoms with Crippen molar-refractivity contribution in [2.75, 3.05) is 11.5 Å². The van der Waals surface area contributed by atoms with Gasteiger partial charge in [-0.05, 0) is 12.1 Å².